The van der Waals surface area contributed by atoms with Crippen molar-refractivity contribution in [2.75, 3.05) is 0 Å². The van der Waals surface area contributed by atoms with E-state index in [1.54, 1.807) is 5.56 Å². The molecule has 7 rings (SSSR count). The van der Waals surface area contributed by atoms with Gasteiger partial charge >= 0.3 is 0 Å². The lowest BCUT2D eigenvalue weighted by Crippen LogP contribution is -2.10. The molecule has 322 valence electrons. The lowest BCUT2D eigenvalue weighted by atomic mass is 9.79. The van der Waals surface area contributed by atoms with Crippen molar-refractivity contribution in [1.29, 1.82) is 0 Å². The molecule has 0 radical (unpaired) electrons. The van der Waals surface area contributed by atoms with Crippen LogP contribution in [0.4, 0.5) is 0 Å². The largest absolute Gasteiger partial charge is 0.103 e. The monoisotopic (exact) mass is 779 g/mol. The van der Waals surface area contributed by atoms with Crippen molar-refractivity contribution < 1.29 is 5.71 Å². The first-order chi connectivity index (χ1) is 27.7. The third-order valence-electron chi connectivity index (χ3n) is 13.1. The lowest BCUT2D eigenvalue weighted by Gasteiger charge is -2.26. The van der Waals surface area contributed by atoms with E-state index in [-0.39, 0.29) is 5.71 Å². The van der Waals surface area contributed by atoms with Gasteiger partial charge < -0.3 is 0 Å². The first-order valence-corrected chi connectivity index (χ1v) is 23.8. The molecule has 0 heterocycles. The minimum Gasteiger partial charge on any atom is -0.103 e. The molecule has 0 bridgehead atoms. The summed E-state index contributed by atoms with van der Waals surface area (Å²) < 4.78 is 0. The predicted molar refractivity (Wildman–Crippen MR) is 265 cm³/mol. The molecule has 0 aliphatic heterocycles. The summed E-state index contributed by atoms with van der Waals surface area (Å²) in [6.45, 7) is 19.3. The molecule has 0 saturated heterocycles. The van der Waals surface area contributed by atoms with E-state index in [9.17, 15) is 0 Å². The second-order valence-electron chi connectivity index (χ2n) is 18.5. The zero-order valence-corrected chi connectivity index (χ0v) is 38.1. The molecule has 4 fully saturated rings. The van der Waals surface area contributed by atoms with Crippen LogP contribution in [0.15, 0.2) is 110 Å². The highest BCUT2D eigenvalue weighted by atomic mass is 14.2. The predicted octanol–water partition coefficient (Wildman–Crippen LogP) is 19.2. The summed E-state index contributed by atoms with van der Waals surface area (Å²) in [5.74, 6) is 5.70. The molecular weight excluding hydrogens is 685 g/mol. The van der Waals surface area contributed by atoms with Crippen molar-refractivity contribution in [1.82, 2.24) is 0 Å². The Morgan fingerprint density at radius 2 is 0.982 bits per heavy atom. The Bertz CT molecular complexity index is 1480. The maximum Gasteiger partial charge on any atom is 0 e. The summed E-state index contributed by atoms with van der Waals surface area (Å²) in [5.41, 5.74) is 8.17. The zero-order valence-electron chi connectivity index (χ0n) is 38.1. The van der Waals surface area contributed by atoms with E-state index in [0.717, 1.165) is 41.9 Å². The summed E-state index contributed by atoms with van der Waals surface area (Å²) in [5, 5.41) is 0. The van der Waals surface area contributed by atoms with Crippen LogP contribution >= 0.6 is 0 Å². The highest BCUT2D eigenvalue weighted by Crippen LogP contribution is 2.35. The SMILES string of the molecule is C/C=C/C1CCC(C)CC1.C/C=C/Cc1ccc(-c2ccc(C)cc2)cc1.C=CCC1CCCCC1.CC1CCCCC1.Cc1ccc(C2CCC(C)CC2)cc1.[HH].[HH].[HH].[HH]. The Labute approximate surface area is 360 Å². The van der Waals surface area contributed by atoms with E-state index in [4.69, 9.17) is 0 Å². The minimum atomic E-state index is 0. The van der Waals surface area contributed by atoms with Crippen molar-refractivity contribution in [3.8, 4) is 11.1 Å². The molecule has 0 nitrogen and oxygen atoms in total. The molecule has 4 aliphatic carbocycles. The standard InChI is InChI=1S/C17H18.C14H20.C10H18.C9H16.C7H14.4H2/c1-3-4-5-15-8-12-17(13-9-15)16-10-6-14(2)7-11-16;1-11-3-7-13(8-4-11)14-9-5-12(2)6-10-14;1-3-4-10-7-5-9(2)6-8-10;1-2-6-9-7-4-3-5-8-9;1-7-5-3-2-4-6-7;;;;/h3-4,6-13H,5H2,1-2H3;3-4,7-8,12,14H,5-6,9-10H2,1-2H3;3-4,9-10H,5-8H2,1-2H3;2,9H,1,3-8H2;7H,2-6H2,1H3;4*1H/b4-3+;;4-3+;;;;;;. The first kappa shape index (κ1) is 48.3. The van der Waals surface area contributed by atoms with Crippen LogP contribution in [0.2, 0.25) is 0 Å². The Balaban J connectivity index is 0. The molecular formula is C57H94. The molecule has 4 saturated carbocycles. The van der Waals surface area contributed by atoms with Crippen molar-refractivity contribution in [3.63, 3.8) is 0 Å². The van der Waals surface area contributed by atoms with E-state index < -0.39 is 0 Å². The average Bonchev–Trinajstić information content (AvgIpc) is 3.24. The van der Waals surface area contributed by atoms with Gasteiger partial charge in [-0.15, -0.1) is 6.58 Å². The molecule has 0 spiro atoms. The van der Waals surface area contributed by atoms with Crippen LogP contribution in [0.5, 0.6) is 0 Å². The number of aryl methyl sites for hydroxylation is 2. The van der Waals surface area contributed by atoms with Gasteiger partial charge in [0.2, 0.25) is 0 Å². The van der Waals surface area contributed by atoms with Gasteiger partial charge in [-0.25, -0.2) is 0 Å². The Morgan fingerprint density at radius 3 is 1.44 bits per heavy atom. The molecule has 0 N–H and O–H groups in total. The number of hydrogen-bond donors (Lipinski definition) is 0. The van der Waals surface area contributed by atoms with E-state index in [0.29, 0.717) is 0 Å². The van der Waals surface area contributed by atoms with Crippen molar-refractivity contribution >= 4 is 0 Å². The summed E-state index contributed by atoms with van der Waals surface area (Å²) in [6.07, 6.45) is 39.2. The highest BCUT2D eigenvalue weighted by Gasteiger charge is 2.19. The topological polar surface area (TPSA) is 0 Å². The van der Waals surface area contributed by atoms with Gasteiger partial charge in [-0.1, -0.05) is 225 Å². The Kier molecular flexibility index (Phi) is 24.7. The molecule has 57 heavy (non-hydrogen) atoms. The fraction of sp³-hybridized carbons (Fsp3) is 0.579. The fourth-order valence-corrected chi connectivity index (χ4v) is 8.98. The van der Waals surface area contributed by atoms with Crippen LogP contribution < -0.4 is 0 Å². The first-order valence-electron chi connectivity index (χ1n) is 23.8. The fourth-order valence-electron chi connectivity index (χ4n) is 8.98. The minimum absolute atomic E-state index is 0. The van der Waals surface area contributed by atoms with Gasteiger partial charge in [0.1, 0.15) is 0 Å². The molecule has 3 aromatic carbocycles. The van der Waals surface area contributed by atoms with Gasteiger partial charge in [-0.05, 0) is 124 Å². The maximum absolute atomic E-state index is 3.75. The van der Waals surface area contributed by atoms with Crippen LogP contribution in [0.3, 0.4) is 0 Å². The van der Waals surface area contributed by atoms with Crippen LogP contribution in [0.1, 0.15) is 190 Å². The van der Waals surface area contributed by atoms with E-state index in [1.165, 1.54) is 150 Å². The number of allylic oxidation sites excluding steroid dienone is 5. The van der Waals surface area contributed by atoms with Gasteiger partial charge in [0.05, 0.1) is 0 Å². The van der Waals surface area contributed by atoms with Gasteiger partial charge in [0, 0.05) is 5.71 Å². The van der Waals surface area contributed by atoms with Crippen LogP contribution in [-0.2, 0) is 6.42 Å². The summed E-state index contributed by atoms with van der Waals surface area (Å²) in [4.78, 5) is 0. The molecule has 0 heteroatoms. The zero-order chi connectivity index (χ0) is 41.1. The van der Waals surface area contributed by atoms with Crippen molar-refractivity contribution in [2.24, 2.45) is 29.6 Å². The highest BCUT2D eigenvalue weighted by molar-refractivity contribution is 5.64. The Morgan fingerprint density at radius 1 is 0.526 bits per heavy atom. The molecule has 0 aromatic heterocycles. The molecule has 4 aliphatic rings. The smallest absolute Gasteiger partial charge is 0 e. The summed E-state index contributed by atoms with van der Waals surface area (Å²) >= 11 is 0. The van der Waals surface area contributed by atoms with Crippen molar-refractivity contribution in [3.05, 3.63) is 132 Å². The van der Waals surface area contributed by atoms with E-state index >= 15 is 0 Å². The summed E-state index contributed by atoms with van der Waals surface area (Å²) in [6, 6.07) is 26.6. The van der Waals surface area contributed by atoms with Crippen LogP contribution in [0.25, 0.3) is 11.1 Å². The second-order valence-corrected chi connectivity index (χ2v) is 18.5. The van der Waals surface area contributed by atoms with Crippen LogP contribution in [0, 0.1) is 43.4 Å². The van der Waals surface area contributed by atoms with Gasteiger partial charge in [0.25, 0.3) is 0 Å². The van der Waals surface area contributed by atoms with E-state index in [1.807, 2.05) is 0 Å². The van der Waals surface area contributed by atoms with E-state index in [2.05, 4.69) is 158 Å². The number of hydrogen-bond acceptors (Lipinski definition) is 0. The normalized spacial score (nSPS) is 22.7. The Hall–Kier alpha value is -3.12. The number of benzene rings is 3. The third-order valence-corrected chi connectivity index (χ3v) is 13.1. The molecule has 0 unspecified atom stereocenters. The second kappa shape index (κ2) is 29.1. The van der Waals surface area contributed by atoms with Gasteiger partial charge in [-0.3, -0.25) is 0 Å². The average molecular weight is 779 g/mol. The molecule has 0 atom stereocenters. The molecule has 3 aromatic rings. The number of rotatable bonds is 7. The molecule has 0 amide bonds. The van der Waals surface area contributed by atoms with Crippen molar-refractivity contribution in [2.45, 2.75) is 183 Å². The lowest BCUT2D eigenvalue weighted by molar-refractivity contribution is 0.330. The van der Waals surface area contributed by atoms with Crippen LogP contribution in [-0.4, -0.2) is 0 Å². The van der Waals surface area contributed by atoms with Gasteiger partial charge in [-0.2, -0.15) is 0 Å². The summed E-state index contributed by atoms with van der Waals surface area (Å²) in [7, 11) is 0. The third kappa shape index (κ3) is 20.9. The van der Waals surface area contributed by atoms with Gasteiger partial charge in [0.15, 0.2) is 0 Å². The quantitative estimate of drug-likeness (QED) is 0.210. The maximum atomic E-state index is 3.75.